The Kier molecular flexibility index (Phi) is 5.47. The molecule has 6 nitrogen and oxygen atoms in total. The molecule has 3 rings (SSSR count). The Bertz CT molecular complexity index is 950. The van der Waals surface area contributed by atoms with Crippen LogP contribution >= 0.6 is 0 Å². The first kappa shape index (κ1) is 18.5. The van der Waals surface area contributed by atoms with Crippen LogP contribution < -0.4 is 5.32 Å². The molecule has 138 valence electrons. The van der Waals surface area contributed by atoms with E-state index in [9.17, 15) is 14.7 Å². The van der Waals surface area contributed by atoms with Crippen molar-refractivity contribution in [2.75, 3.05) is 6.54 Å². The van der Waals surface area contributed by atoms with Crippen molar-refractivity contribution in [2.45, 2.75) is 20.0 Å². The Labute approximate surface area is 157 Å². The number of nitrogens with one attached hydrogen (secondary N) is 1. The number of hydrogen-bond donors (Lipinski definition) is 2. The summed E-state index contributed by atoms with van der Waals surface area (Å²) in [6.07, 6.45) is -0.878. The summed E-state index contributed by atoms with van der Waals surface area (Å²) in [5.41, 5.74) is 2.86. The number of aliphatic hydroxyl groups is 1. The summed E-state index contributed by atoms with van der Waals surface area (Å²) in [4.78, 5) is 25.0. The Hall–Kier alpha value is -3.25. The fraction of sp³-hybridized carbons (Fsp3) is 0.190. The van der Waals surface area contributed by atoms with E-state index in [2.05, 4.69) is 10.4 Å². The second kappa shape index (κ2) is 7.97. The van der Waals surface area contributed by atoms with E-state index in [4.69, 9.17) is 0 Å². The molecule has 1 amide bonds. The van der Waals surface area contributed by atoms with Gasteiger partial charge in [0.25, 0.3) is 11.7 Å². The Morgan fingerprint density at radius 2 is 1.63 bits per heavy atom. The van der Waals surface area contributed by atoms with Gasteiger partial charge >= 0.3 is 0 Å². The summed E-state index contributed by atoms with van der Waals surface area (Å²) >= 11 is 0. The van der Waals surface area contributed by atoms with Crippen molar-refractivity contribution in [1.82, 2.24) is 15.1 Å². The second-order valence-electron chi connectivity index (χ2n) is 6.26. The fourth-order valence-corrected chi connectivity index (χ4v) is 2.97. The first-order valence-electron chi connectivity index (χ1n) is 8.66. The number of para-hydroxylation sites is 1. The lowest BCUT2D eigenvalue weighted by molar-refractivity contribution is -0.117. The summed E-state index contributed by atoms with van der Waals surface area (Å²) < 4.78 is 1.65. The summed E-state index contributed by atoms with van der Waals surface area (Å²) in [5.74, 6) is -1.42. The van der Waals surface area contributed by atoms with Crippen LogP contribution in [0.5, 0.6) is 0 Å². The minimum Gasteiger partial charge on any atom is -0.387 e. The highest BCUT2D eigenvalue weighted by atomic mass is 16.3. The number of hydrogen-bond acceptors (Lipinski definition) is 4. The molecule has 3 aromatic rings. The molecule has 1 atom stereocenters. The van der Waals surface area contributed by atoms with Gasteiger partial charge in [-0.3, -0.25) is 9.59 Å². The smallest absolute Gasteiger partial charge is 0.292 e. The van der Waals surface area contributed by atoms with E-state index in [1.165, 1.54) is 0 Å². The molecule has 0 saturated heterocycles. The molecule has 0 bridgehead atoms. The molecule has 1 heterocycles. The van der Waals surface area contributed by atoms with Crippen LogP contribution in [0.1, 0.15) is 33.4 Å². The molecular weight excluding hydrogens is 342 g/mol. The van der Waals surface area contributed by atoms with Gasteiger partial charge in [-0.05, 0) is 31.5 Å². The summed E-state index contributed by atoms with van der Waals surface area (Å²) in [6.45, 7) is 3.41. The van der Waals surface area contributed by atoms with Gasteiger partial charge in [0.05, 0.1) is 28.7 Å². The zero-order valence-corrected chi connectivity index (χ0v) is 15.2. The monoisotopic (exact) mass is 363 g/mol. The third-order valence-electron chi connectivity index (χ3n) is 4.37. The van der Waals surface area contributed by atoms with Crippen LogP contribution in [0.2, 0.25) is 0 Å². The quantitative estimate of drug-likeness (QED) is 0.521. The van der Waals surface area contributed by atoms with Crippen molar-refractivity contribution in [2.24, 2.45) is 0 Å². The van der Waals surface area contributed by atoms with Crippen molar-refractivity contribution >= 4 is 11.7 Å². The normalized spacial score (nSPS) is 11.8. The first-order chi connectivity index (χ1) is 13.0. The number of aryl methyl sites for hydroxylation is 1. The zero-order chi connectivity index (χ0) is 19.4. The second-order valence-corrected chi connectivity index (χ2v) is 6.26. The van der Waals surface area contributed by atoms with Gasteiger partial charge < -0.3 is 10.4 Å². The Balaban J connectivity index is 1.74. The number of ketones is 1. The summed E-state index contributed by atoms with van der Waals surface area (Å²) in [5, 5.41) is 17.0. The summed E-state index contributed by atoms with van der Waals surface area (Å²) in [6, 6.07) is 18.4. The van der Waals surface area contributed by atoms with Gasteiger partial charge in [0, 0.05) is 6.54 Å². The standard InChI is InChI=1S/C21H21N3O3/c1-14-19(15(2)24(23-14)17-11-7-4-8-12-17)20(26)21(27)22-13-18(25)16-9-5-3-6-10-16/h3-12,18,25H,13H2,1-2H3,(H,22,27)/t18-/m0/s1. The number of amides is 1. The maximum absolute atomic E-state index is 12.6. The van der Waals surface area contributed by atoms with E-state index < -0.39 is 17.8 Å². The topological polar surface area (TPSA) is 84.2 Å². The van der Waals surface area contributed by atoms with Crippen molar-refractivity contribution in [1.29, 1.82) is 0 Å². The molecule has 0 radical (unpaired) electrons. The third kappa shape index (κ3) is 3.96. The number of aliphatic hydroxyl groups excluding tert-OH is 1. The molecule has 0 unspecified atom stereocenters. The molecule has 0 fully saturated rings. The molecule has 0 aliphatic rings. The van der Waals surface area contributed by atoms with Crippen LogP contribution in [0, 0.1) is 13.8 Å². The number of carbonyl (C=O) groups is 2. The lowest BCUT2D eigenvalue weighted by Crippen LogP contribution is -2.34. The van der Waals surface area contributed by atoms with Gasteiger partial charge in [-0.25, -0.2) is 4.68 Å². The van der Waals surface area contributed by atoms with Gasteiger partial charge in [0.1, 0.15) is 0 Å². The highest BCUT2D eigenvalue weighted by Gasteiger charge is 2.25. The van der Waals surface area contributed by atoms with Gasteiger partial charge in [-0.1, -0.05) is 48.5 Å². The number of nitrogens with zero attached hydrogens (tertiary/aromatic N) is 2. The van der Waals surface area contributed by atoms with Gasteiger partial charge in [-0.2, -0.15) is 5.10 Å². The minimum absolute atomic E-state index is 0.0422. The predicted octanol–water partition coefficient (Wildman–Crippen LogP) is 2.52. The molecule has 0 saturated carbocycles. The molecule has 0 aliphatic carbocycles. The number of Topliss-reactive ketones (excluding diaryl/α,β-unsaturated/α-hetero) is 1. The molecule has 0 aliphatic heterocycles. The number of carbonyl (C=O) groups excluding carboxylic acids is 2. The van der Waals surface area contributed by atoms with E-state index in [1.807, 2.05) is 36.4 Å². The molecule has 1 aromatic heterocycles. The van der Waals surface area contributed by atoms with Crippen molar-refractivity contribution < 1.29 is 14.7 Å². The average molecular weight is 363 g/mol. The molecule has 0 spiro atoms. The highest BCUT2D eigenvalue weighted by Crippen LogP contribution is 2.18. The van der Waals surface area contributed by atoms with Crippen LogP contribution in [0.25, 0.3) is 5.69 Å². The molecular formula is C21H21N3O3. The van der Waals surface area contributed by atoms with Crippen LogP contribution in [0.15, 0.2) is 60.7 Å². The lowest BCUT2D eigenvalue weighted by atomic mass is 10.1. The molecule has 2 N–H and O–H groups in total. The number of rotatable bonds is 6. The SMILES string of the molecule is Cc1nn(-c2ccccc2)c(C)c1C(=O)C(=O)NC[C@H](O)c1ccccc1. The van der Waals surface area contributed by atoms with E-state index in [0.717, 1.165) is 5.69 Å². The predicted molar refractivity (Wildman–Crippen MR) is 102 cm³/mol. The maximum Gasteiger partial charge on any atom is 0.292 e. The van der Waals surface area contributed by atoms with E-state index in [-0.39, 0.29) is 12.1 Å². The Morgan fingerprint density at radius 3 is 2.26 bits per heavy atom. The van der Waals surface area contributed by atoms with Gasteiger partial charge in [0.15, 0.2) is 0 Å². The van der Waals surface area contributed by atoms with Crippen molar-refractivity contribution in [3.63, 3.8) is 0 Å². The van der Waals surface area contributed by atoms with Crippen LogP contribution in [0.4, 0.5) is 0 Å². The van der Waals surface area contributed by atoms with Crippen LogP contribution in [-0.2, 0) is 4.79 Å². The number of aromatic nitrogens is 2. The van der Waals surface area contributed by atoms with Crippen molar-refractivity contribution in [3.8, 4) is 5.69 Å². The van der Waals surface area contributed by atoms with E-state index in [1.54, 1.807) is 42.8 Å². The van der Waals surface area contributed by atoms with Crippen molar-refractivity contribution in [3.05, 3.63) is 83.2 Å². The highest BCUT2D eigenvalue weighted by molar-refractivity contribution is 6.43. The minimum atomic E-state index is -0.878. The molecule has 27 heavy (non-hydrogen) atoms. The van der Waals surface area contributed by atoms with Crippen LogP contribution in [0.3, 0.4) is 0 Å². The van der Waals surface area contributed by atoms with E-state index in [0.29, 0.717) is 17.0 Å². The fourth-order valence-electron chi connectivity index (χ4n) is 2.97. The summed E-state index contributed by atoms with van der Waals surface area (Å²) in [7, 11) is 0. The van der Waals surface area contributed by atoms with Gasteiger partial charge in [0.2, 0.25) is 0 Å². The molecule has 2 aromatic carbocycles. The molecule has 6 heteroatoms. The largest absolute Gasteiger partial charge is 0.387 e. The lowest BCUT2D eigenvalue weighted by Gasteiger charge is -2.12. The third-order valence-corrected chi connectivity index (χ3v) is 4.37. The average Bonchev–Trinajstić information content (AvgIpc) is 3.00. The maximum atomic E-state index is 12.6. The van der Waals surface area contributed by atoms with E-state index >= 15 is 0 Å². The first-order valence-corrected chi connectivity index (χ1v) is 8.66. The van der Waals surface area contributed by atoms with Crippen LogP contribution in [-0.4, -0.2) is 33.1 Å². The van der Waals surface area contributed by atoms with Gasteiger partial charge in [-0.15, -0.1) is 0 Å². The zero-order valence-electron chi connectivity index (χ0n) is 15.2. The Morgan fingerprint density at radius 1 is 1.04 bits per heavy atom. The number of benzene rings is 2.